The molecule has 0 radical (unpaired) electrons. The van der Waals surface area contributed by atoms with Gasteiger partial charge in [0.1, 0.15) is 0 Å². The minimum atomic E-state index is -4.90. The first-order valence-electron chi connectivity index (χ1n) is 8.08. The van der Waals surface area contributed by atoms with E-state index >= 15 is 0 Å². The van der Waals surface area contributed by atoms with Crippen LogP contribution < -0.4 is 11.1 Å². The molecule has 0 aliphatic heterocycles. The third-order valence-corrected chi connectivity index (χ3v) is 4.52. The minimum Gasteiger partial charge on any atom is -0.366 e. The summed E-state index contributed by atoms with van der Waals surface area (Å²) in [5, 5.41) is 9.29. The molecule has 1 aromatic heterocycles. The molecule has 3 N–H and O–H groups in total. The quantitative estimate of drug-likeness (QED) is 0.610. The van der Waals surface area contributed by atoms with Gasteiger partial charge in [0, 0.05) is 15.7 Å². The van der Waals surface area contributed by atoms with Gasteiger partial charge in [-0.05, 0) is 48.9 Å². The first kappa shape index (κ1) is 20.5. The number of aryl methyl sites for hydroxylation is 1. The summed E-state index contributed by atoms with van der Waals surface area (Å²) in [6, 6.07) is 10.1. The lowest BCUT2D eigenvalue weighted by atomic mass is 10.1. The molecule has 0 saturated carbocycles. The molecule has 0 aliphatic rings. The van der Waals surface area contributed by atoms with Gasteiger partial charge in [0.25, 0.3) is 5.91 Å². The Hall–Kier alpha value is -3.21. The van der Waals surface area contributed by atoms with E-state index in [2.05, 4.69) is 31.6 Å². The zero-order valence-electron chi connectivity index (χ0n) is 14.8. The predicted molar refractivity (Wildman–Crippen MR) is 102 cm³/mol. The number of hydrogen-bond acceptors (Lipinski definition) is 4. The van der Waals surface area contributed by atoms with Crippen molar-refractivity contribution in [1.29, 1.82) is 0 Å². The number of rotatable bonds is 4. The van der Waals surface area contributed by atoms with E-state index in [1.807, 2.05) is 0 Å². The lowest BCUT2D eigenvalue weighted by Crippen LogP contribution is -2.22. The maximum Gasteiger partial charge on any atom is 0.435 e. The van der Waals surface area contributed by atoms with Gasteiger partial charge in [0.15, 0.2) is 11.4 Å². The molecule has 0 spiro atoms. The molecule has 29 heavy (non-hydrogen) atoms. The summed E-state index contributed by atoms with van der Waals surface area (Å²) in [7, 11) is 0. The van der Waals surface area contributed by atoms with E-state index in [0.29, 0.717) is 14.7 Å². The summed E-state index contributed by atoms with van der Waals surface area (Å²) in [4.78, 5) is 23.9. The number of carbonyl (C=O) groups is 2. The summed E-state index contributed by atoms with van der Waals surface area (Å²) in [5.74, 6) is -1.86. The molecule has 0 saturated heterocycles. The Labute approximate surface area is 170 Å². The second kappa shape index (κ2) is 7.66. The predicted octanol–water partition coefficient (Wildman–Crippen LogP) is 3.71. The Morgan fingerprint density at radius 1 is 1.14 bits per heavy atom. The molecule has 0 atom stereocenters. The maximum absolute atomic E-state index is 13.7. The van der Waals surface area contributed by atoms with E-state index in [9.17, 15) is 22.8 Å². The number of carbonyl (C=O) groups excluding carboxylic acids is 2. The Balaban J connectivity index is 2.03. The van der Waals surface area contributed by atoms with Crippen LogP contribution in [0.25, 0.3) is 5.69 Å². The number of hydrogen-bond donors (Lipinski definition) is 2. The molecule has 7 nitrogen and oxygen atoms in total. The fourth-order valence-electron chi connectivity index (χ4n) is 2.54. The fourth-order valence-corrected chi connectivity index (χ4v) is 2.81. The molecule has 0 fully saturated rings. The van der Waals surface area contributed by atoms with Crippen molar-refractivity contribution in [3.8, 4) is 5.69 Å². The number of nitrogens with two attached hydrogens (primary N) is 1. The van der Waals surface area contributed by atoms with Crippen molar-refractivity contribution in [2.75, 3.05) is 5.32 Å². The number of halogens is 4. The van der Waals surface area contributed by atoms with E-state index < -0.39 is 29.4 Å². The first-order chi connectivity index (χ1) is 13.6. The lowest BCUT2D eigenvalue weighted by molar-refractivity contribution is -0.143. The van der Waals surface area contributed by atoms with E-state index in [1.54, 1.807) is 6.92 Å². The molecule has 2 aromatic carbocycles. The van der Waals surface area contributed by atoms with Crippen LogP contribution in [0.4, 0.5) is 18.9 Å². The Bertz CT molecular complexity index is 1090. The highest BCUT2D eigenvalue weighted by molar-refractivity contribution is 9.10. The second-order valence-electron chi connectivity index (χ2n) is 6.02. The van der Waals surface area contributed by atoms with Gasteiger partial charge in [-0.25, -0.2) is 4.68 Å². The molecule has 3 rings (SSSR count). The highest BCUT2D eigenvalue weighted by Gasteiger charge is 2.42. The van der Waals surface area contributed by atoms with Crippen molar-refractivity contribution in [3.05, 3.63) is 69.5 Å². The summed E-state index contributed by atoms with van der Waals surface area (Å²) in [6.07, 6.45) is -4.90. The van der Waals surface area contributed by atoms with Gasteiger partial charge in [0.2, 0.25) is 5.91 Å². The lowest BCUT2D eigenvalue weighted by Gasteiger charge is -2.12. The minimum absolute atomic E-state index is 0.0824. The molecular formula is C18H13BrF3N5O2. The largest absolute Gasteiger partial charge is 0.435 e. The van der Waals surface area contributed by atoms with E-state index in [1.165, 1.54) is 42.5 Å². The summed E-state index contributed by atoms with van der Waals surface area (Å²) < 4.78 is 42.3. The molecule has 150 valence electrons. The molecule has 0 aliphatic carbocycles. The van der Waals surface area contributed by atoms with E-state index in [-0.39, 0.29) is 16.9 Å². The normalized spacial score (nSPS) is 11.3. The molecule has 3 aromatic rings. The van der Waals surface area contributed by atoms with Gasteiger partial charge in [-0.2, -0.15) is 13.2 Å². The number of primary amides is 1. The van der Waals surface area contributed by atoms with Gasteiger partial charge >= 0.3 is 6.18 Å². The van der Waals surface area contributed by atoms with Crippen molar-refractivity contribution < 1.29 is 22.8 Å². The van der Waals surface area contributed by atoms with Crippen LogP contribution in [-0.2, 0) is 6.18 Å². The van der Waals surface area contributed by atoms with Gasteiger partial charge in [-0.15, -0.1) is 5.10 Å². The third kappa shape index (κ3) is 4.29. The van der Waals surface area contributed by atoms with Gasteiger partial charge in [-0.3, -0.25) is 9.59 Å². The van der Waals surface area contributed by atoms with Gasteiger partial charge in [0.05, 0.1) is 5.69 Å². The van der Waals surface area contributed by atoms with Crippen molar-refractivity contribution in [3.63, 3.8) is 0 Å². The SMILES string of the molecule is Cc1ccc(C(N)=O)cc1NC(=O)c1nnn(-c2ccc(Br)cc2)c1C(F)(F)F. The Morgan fingerprint density at radius 3 is 2.38 bits per heavy atom. The van der Waals surface area contributed by atoms with Gasteiger partial charge < -0.3 is 11.1 Å². The number of nitrogens with one attached hydrogen (secondary N) is 1. The topological polar surface area (TPSA) is 103 Å². The van der Waals surface area contributed by atoms with Crippen LogP contribution in [-0.4, -0.2) is 26.8 Å². The number of amides is 2. The number of alkyl halides is 3. The Morgan fingerprint density at radius 2 is 1.79 bits per heavy atom. The molecule has 1 heterocycles. The van der Waals surface area contributed by atoms with Crippen LogP contribution in [0.3, 0.4) is 0 Å². The van der Waals surface area contributed by atoms with Crippen molar-refractivity contribution >= 4 is 33.4 Å². The zero-order chi connectivity index (χ0) is 21.3. The van der Waals surface area contributed by atoms with Crippen molar-refractivity contribution in [1.82, 2.24) is 15.0 Å². The number of anilines is 1. The second-order valence-corrected chi connectivity index (χ2v) is 6.94. The van der Waals surface area contributed by atoms with E-state index in [0.717, 1.165) is 0 Å². The van der Waals surface area contributed by atoms with Gasteiger partial charge in [-0.1, -0.05) is 27.2 Å². The number of benzene rings is 2. The highest BCUT2D eigenvalue weighted by Crippen LogP contribution is 2.33. The van der Waals surface area contributed by atoms with Crippen LogP contribution in [0.2, 0.25) is 0 Å². The first-order valence-corrected chi connectivity index (χ1v) is 8.88. The molecule has 2 amide bonds. The van der Waals surface area contributed by atoms with E-state index in [4.69, 9.17) is 5.73 Å². The Kier molecular flexibility index (Phi) is 5.42. The number of nitrogens with zero attached hydrogens (tertiary/aromatic N) is 3. The van der Waals surface area contributed by atoms with Crippen LogP contribution in [0.15, 0.2) is 46.9 Å². The number of aromatic nitrogens is 3. The maximum atomic E-state index is 13.7. The van der Waals surface area contributed by atoms with Crippen molar-refractivity contribution in [2.45, 2.75) is 13.1 Å². The van der Waals surface area contributed by atoms with Crippen LogP contribution in [0.1, 0.15) is 32.1 Å². The fraction of sp³-hybridized carbons (Fsp3) is 0.111. The third-order valence-electron chi connectivity index (χ3n) is 4.00. The molecular weight excluding hydrogens is 455 g/mol. The molecule has 0 unspecified atom stereocenters. The van der Waals surface area contributed by atoms with Crippen LogP contribution in [0.5, 0.6) is 0 Å². The van der Waals surface area contributed by atoms with Crippen molar-refractivity contribution in [2.24, 2.45) is 5.73 Å². The average Bonchev–Trinajstić information content (AvgIpc) is 3.09. The van der Waals surface area contributed by atoms with Crippen LogP contribution in [0, 0.1) is 6.92 Å². The standard InChI is InChI=1S/C18H13BrF3N5O2/c1-9-2-3-10(16(23)28)8-13(9)24-17(29)14-15(18(20,21)22)27(26-25-14)12-6-4-11(19)5-7-12/h2-8H,1H3,(H2,23,28)(H,24,29). The summed E-state index contributed by atoms with van der Waals surface area (Å²) >= 11 is 3.20. The summed E-state index contributed by atoms with van der Waals surface area (Å²) in [5.41, 5.74) is 3.83. The molecule has 11 heteroatoms. The smallest absolute Gasteiger partial charge is 0.366 e. The summed E-state index contributed by atoms with van der Waals surface area (Å²) in [6.45, 7) is 1.61. The average molecular weight is 468 g/mol. The zero-order valence-corrected chi connectivity index (χ0v) is 16.4. The van der Waals surface area contributed by atoms with Crippen LogP contribution >= 0.6 is 15.9 Å². The monoisotopic (exact) mass is 467 g/mol. The highest BCUT2D eigenvalue weighted by atomic mass is 79.9. The molecule has 0 bridgehead atoms.